The van der Waals surface area contributed by atoms with Gasteiger partial charge in [-0.3, -0.25) is 0 Å². The van der Waals surface area contributed by atoms with Gasteiger partial charge in [0.05, 0.1) is 0 Å². The van der Waals surface area contributed by atoms with Crippen LogP contribution in [0.15, 0.2) is 12.4 Å². The van der Waals surface area contributed by atoms with E-state index in [2.05, 4.69) is 22.2 Å². The second-order valence-electron chi connectivity index (χ2n) is 4.01. The van der Waals surface area contributed by atoms with Crippen molar-refractivity contribution in [2.75, 3.05) is 11.1 Å². The smallest absolute Gasteiger partial charge is 0.169 e. The molecule has 0 bridgehead atoms. The summed E-state index contributed by atoms with van der Waals surface area (Å²) < 4.78 is 0. The SMILES string of the molecule is CC(CC1CC1)Nc1nccnc1N. The largest absolute Gasteiger partial charge is 0.381 e. The van der Waals surface area contributed by atoms with Crippen LogP contribution < -0.4 is 11.1 Å². The van der Waals surface area contributed by atoms with E-state index in [9.17, 15) is 0 Å². The predicted octanol–water partition coefficient (Wildman–Crippen LogP) is 1.66. The van der Waals surface area contributed by atoms with Crippen molar-refractivity contribution in [3.8, 4) is 0 Å². The predicted molar refractivity (Wildman–Crippen MR) is 56.9 cm³/mol. The second-order valence-corrected chi connectivity index (χ2v) is 4.01. The van der Waals surface area contributed by atoms with E-state index in [1.54, 1.807) is 12.4 Å². The van der Waals surface area contributed by atoms with Gasteiger partial charge in [-0.15, -0.1) is 0 Å². The average Bonchev–Trinajstić information content (AvgIpc) is 2.93. The summed E-state index contributed by atoms with van der Waals surface area (Å²) in [6, 6.07) is 0.432. The van der Waals surface area contributed by atoms with Gasteiger partial charge in [0.25, 0.3) is 0 Å². The Kier molecular flexibility index (Phi) is 2.52. The minimum Gasteiger partial charge on any atom is -0.381 e. The Bertz CT molecular complexity index is 309. The van der Waals surface area contributed by atoms with Crippen molar-refractivity contribution in [3.63, 3.8) is 0 Å². The van der Waals surface area contributed by atoms with Crippen LogP contribution in [-0.2, 0) is 0 Å². The van der Waals surface area contributed by atoms with Gasteiger partial charge in [-0.25, -0.2) is 9.97 Å². The molecule has 0 radical (unpaired) electrons. The molecule has 0 aliphatic heterocycles. The van der Waals surface area contributed by atoms with Gasteiger partial charge >= 0.3 is 0 Å². The zero-order chi connectivity index (χ0) is 9.97. The van der Waals surface area contributed by atoms with Crippen LogP contribution in [0.2, 0.25) is 0 Å². The molecule has 14 heavy (non-hydrogen) atoms. The molecule has 1 unspecified atom stereocenters. The number of nitrogen functional groups attached to an aromatic ring is 1. The number of nitrogens with two attached hydrogens (primary N) is 1. The maximum Gasteiger partial charge on any atom is 0.169 e. The van der Waals surface area contributed by atoms with E-state index in [0.717, 1.165) is 5.92 Å². The number of nitrogens with zero attached hydrogens (tertiary/aromatic N) is 2. The molecular formula is C10H16N4. The third-order valence-electron chi connectivity index (χ3n) is 2.49. The van der Waals surface area contributed by atoms with E-state index in [1.165, 1.54) is 19.3 Å². The van der Waals surface area contributed by atoms with Crippen molar-refractivity contribution in [1.29, 1.82) is 0 Å². The summed E-state index contributed by atoms with van der Waals surface area (Å²) in [6.07, 6.45) is 7.22. The van der Waals surface area contributed by atoms with Crippen molar-refractivity contribution in [1.82, 2.24) is 9.97 Å². The molecule has 0 amide bonds. The van der Waals surface area contributed by atoms with E-state index < -0.39 is 0 Å². The minimum absolute atomic E-state index is 0.432. The molecule has 76 valence electrons. The van der Waals surface area contributed by atoms with E-state index in [0.29, 0.717) is 17.7 Å². The minimum atomic E-state index is 0.432. The molecule has 1 aliphatic rings. The molecule has 3 N–H and O–H groups in total. The van der Waals surface area contributed by atoms with Gasteiger partial charge in [-0.1, -0.05) is 12.8 Å². The molecule has 1 aliphatic carbocycles. The Labute approximate surface area is 83.9 Å². The molecular weight excluding hydrogens is 176 g/mol. The van der Waals surface area contributed by atoms with Crippen LogP contribution in [0.1, 0.15) is 26.2 Å². The van der Waals surface area contributed by atoms with Gasteiger partial charge < -0.3 is 11.1 Å². The summed E-state index contributed by atoms with van der Waals surface area (Å²) in [6.45, 7) is 2.16. The number of hydrogen-bond acceptors (Lipinski definition) is 4. The quantitative estimate of drug-likeness (QED) is 0.761. The third kappa shape index (κ3) is 2.34. The lowest BCUT2D eigenvalue weighted by Gasteiger charge is -2.14. The topological polar surface area (TPSA) is 63.8 Å². The van der Waals surface area contributed by atoms with Gasteiger partial charge in [-0.05, 0) is 19.3 Å². The highest BCUT2D eigenvalue weighted by molar-refractivity contribution is 5.55. The first-order valence-electron chi connectivity index (χ1n) is 5.08. The van der Waals surface area contributed by atoms with E-state index in [4.69, 9.17) is 5.73 Å². The molecule has 1 aromatic rings. The third-order valence-corrected chi connectivity index (χ3v) is 2.49. The molecule has 2 rings (SSSR count). The van der Waals surface area contributed by atoms with Crippen molar-refractivity contribution < 1.29 is 0 Å². The molecule has 1 aromatic heterocycles. The van der Waals surface area contributed by atoms with Gasteiger partial charge in [0.1, 0.15) is 0 Å². The van der Waals surface area contributed by atoms with Gasteiger partial charge in [0, 0.05) is 18.4 Å². The first-order chi connectivity index (χ1) is 6.75. The number of hydrogen-bond donors (Lipinski definition) is 2. The summed E-state index contributed by atoms with van der Waals surface area (Å²) in [5.41, 5.74) is 5.68. The number of rotatable bonds is 4. The zero-order valence-corrected chi connectivity index (χ0v) is 8.40. The van der Waals surface area contributed by atoms with Crippen LogP contribution in [0.3, 0.4) is 0 Å². The molecule has 1 fully saturated rings. The lowest BCUT2D eigenvalue weighted by atomic mass is 10.1. The zero-order valence-electron chi connectivity index (χ0n) is 8.40. The van der Waals surface area contributed by atoms with E-state index >= 15 is 0 Å². The summed E-state index contributed by atoms with van der Waals surface area (Å²) in [5, 5.41) is 3.28. The molecule has 0 spiro atoms. The van der Waals surface area contributed by atoms with Crippen LogP contribution in [-0.4, -0.2) is 16.0 Å². The average molecular weight is 192 g/mol. The van der Waals surface area contributed by atoms with Crippen LogP contribution in [0.5, 0.6) is 0 Å². The summed E-state index contributed by atoms with van der Waals surface area (Å²) in [7, 11) is 0. The molecule has 1 heterocycles. The number of aromatic nitrogens is 2. The number of nitrogens with one attached hydrogen (secondary N) is 1. The van der Waals surface area contributed by atoms with Gasteiger partial charge in [-0.2, -0.15) is 0 Å². The highest BCUT2D eigenvalue weighted by atomic mass is 15.1. The lowest BCUT2D eigenvalue weighted by molar-refractivity contribution is 0.640. The van der Waals surface area contributed by atoms with Crippen LogP contribution in [0.4, 0.5) is 11.6 Å². The molecule has 0 aromatic carbocycles. The van der Waals surface area contributed by atoms with Crippen molar-refractivity contribution in [3.05, 3.63) is 12.4 Å². The Morgan fingerprint density at radius 2 is 2.21 bits per heavy atom. The second kappa shape index (κ2) is 3.82. The highest BCUT2D eigenvalue weighted by Crippen LogP contribution is 2.34. The van der Waals surface area contributed by atoms with Gasteiger partial charge in [0.15, 0.2) is 11.6 Å². The molecule has 4 nitrogen and oxygen atoms in total. The monoisotopic (exact) mass is 192 g/mol. The summed E-state index contributed by atoms with van der Waals surface area (Å²) >= 11 is 0. The summed E-state index contributed by atoms with van der Waals surface area (Å²) in [5.74, 6) is 2.10. The molecule has 4 heteroatoms. The van der Waals surface area contributed by atoms with Crippen molar-refractivity contribution >= 4 is 11.6 Å². The van der Waals surface area contributed by atoms with Crippen LogP contribution >= 0.6 is 0 Å². The standard InChI is InChI=1S/C10H16N4/c1-7(6-8-2-3-8)14-10-9(11)12-4-5-13-10/h4-5,7-8H,2-3,6H2,1H3,(H2,11,12)(H,13,14). The van der Waals surface area contributed by atoms with Crippen molar-refractivity contribution in [2.45, 2.75) is 32.2 Å². The first-order valence-corrected chi connectivity index (χ1v) is 5.08. The number of anilines is 2. The van der Waals surface area contributed by atoms with Crippen LogP contribution in [0, 0.1) is 5.92 Å². The Hall–Kier alpha value is -1.32. The summed E-state index contributed by atoms with van der Waals surface area (Å²) in [4.78, 5) is 8.13. The van der Waals surface area contributed by atoms with E-state index in [-0.39, 0.29) is 0 Å². The maximum absolute atomic E-state index is 5.68. The molecule has 1 atom stereocenters. The highest BCUT2D eigenvalue weighted by Gasteiger charge is 2.23. The fourth-order valence-corrected chi connectivity index (χ4v) is 1.61. The lowest BCUT2D eigenvalue weighted by Crippen LogP contribution is -2.18. The van der Waals surface area contributed by atoms with Crippen molar-refractivity contribution in [2.24, 2.45) is 5.92 Å². The Morgan fingerprint density at radius 3 is 2.86 bits per heavy atom. The Balaban J connectivity index is 1.91. The van der Waals surface area contributed by atoms with Gasteiger partial charge in [0.2, 0.25) is 0 Å². The van der Waals surface area contributed by atoms with E-state index in [1.807, 2.05) is 0 Å². The Morgan fingerprint density at radius 1 is 1.50 bits per heavy atom. The fraction of sp³-hybridized carbons (Fsp3) is 0.600. The molecule has 1 saturated carbocycles. The first kappa shape index (κ1) is 9.24. The maximum atomic E-state index is 5.68. The fourth-order valence-electron chi connectivity index (χ4n) is 1.61. The van der Waals surface area contributed by atoms with Crippen LogP contribution in [0.25, 0.3) is 0 Å². The molecule has 0 saturated heterocycles. The normalized spacial score (nSPS) is 17.8.